The molecule has 1 aliphatic rings. The van der Waals surface area contributed by atoms with Crippen LogP contribution in [0.5, 0.6) is 0 Å². The molecular formula is C23H25F3N8O3S. The van der Waals surface area contributed by atoms with Gasteiger partial charge >= 0.3 is 12.1 Å². The van der Waals surface area contributed by atoms with Gasteiger partial charge in [-0.3, -0.25) is 15.1 Å². The van der Waals surface area contributed by atoms with Gasteiger partial charge in [0.15, 0.2) is 5.13 Å². The Morgan fingerprint density at radius 1 is 1.18 bits per heavy atom. The summed E-state index contributed by atoms with van der Waals surface area (Å²) >= 11 is 0.954. The summed E-state index contributed by atoms with van der Waals surface area (Å²) in [6.45, 7) is 4.66. The average Bonchev–Trinajstić information content (AvgIpc) is 3.22. The number of halogens is 3. The number of carbonyl (C=O) groups excluding carboxylic acids is 1. The number of anilines is 4. The van der Waals surface area contributed by atoms with Gasteiger partial charge in [0.25, 0.3) is 0 Å². The van der Waals surface area contributed by atoms with Crippen molar-refractivity contribution in [3.05, 3.63) is 45.7 Å². The van der Waals surface area contributed by atoms with Gasteiger partial charge in [0.1, 0.15) is 22.2 Å². The molecule has 4 rings (SSSR count). The van der Waals surface area contributed by atoms with E-state index in [-0.39, 0.29) is 23.3 Å². The zero-order valence-corrected chi connectivity index (χ0v) is 21.3. The number of aromatic nitrogens is 4. The maximum absolute atomic E-state index is 12.9. The van der Waals surface area contributed by atoms with Crippen molar-refractivity contribution in [3.8, 4) is 0 Å². The molecule has 0 spiro atoms. The van der Waals surface area contributed by atoms with Crippen LogP contribution in [-0.2, 0) is 23.9 Å². The van der Waals surface area contributed by atoms with E-state index in [4.69, 9.17) is 0 Å². The molecule has 0 bridgehead atoms. The van der Waals surface area contributed by atoms with E-state index in [0.717, 1.165) is 29.4 Å². The Kier molecular flexibility index (Phi) is 7.94. The Morgan fingerprint density at radius 3 is 2.61 bits per heavy atom. The van der Waals surface area contributed by atoms with E-state index >= 15 is 0 Å². The maximum atomic E-state index is 12.9. The number of carboxylic acid groups (broad SMARTS) is 1. The number of nitrogens with zero attached hydrogens (tertiary/aromatic N) is 5. The number of thiazole rings is 1. The summed E-state index contributed by atoms with van der Waals surface area (Å²) in [6.07, 6.45) is -1.88. The Labute approximate surface area is 219 Å². The first-order valence-electron chi connectivity index (χ1n) is 11.7. The highest BCUT2D eigenvalue weighted by Crippen LogP contribution is 2.34. The molecule has 202 valence electrons. The fourth-order valence-electron chi connectivity index (χ4n) is 3.94. The Balaban J connectivity index is 1.64. The van der Waals surface area contributed by atoms with E-state index in [1.165, 1.54) is 19.2 Å². The molecule has 4 N–H and O–H groups in total. The summed E-state index contributed by atoms with van der Waals surface area (Å²) in [5.74, 6) is 0.0424. The van der Waals surface area contributed by atoms with Crippen molar-refractivity contribution in [3.63, 3.8) is 0 Å². The van der Waals surface area contributed by atoms with Crippen LogP contribution in [0, 0.1) is 6.92 Å². The van der Waals surface area contributed by atoms with Gasteiger partial charge in [0, 0.05) is 44.9 Å². The standard InChI is InChI=1S/C23H25F3N8O3S/c1-12-17(20(36)37)38-22(30-12)33-21-31-18(28-8-7-27-13(2)35)15-4-3-9-34(19(15)32-21)11-14-5-6-16(29-10-14)23(24,25)26/h5-6,10H,3-4,7-9,11H2,1-2H3,(H,27,35)(H,36,37)(H2,28,30,31,32,33). The van der Waals surface area contributed by atoms with Gasteiger partial charge < -0.3 is 20.6 Å². The van der Waals surface area contributed by atoms with Crippen molar-refractivity contribution in [1.29, 1.82) is 0 Å². The van der Waals surface area contributed by atoms with Crippen LogP contribution in [0.15, 0.2) is 18.3 Å². The third-order valence-corrected chi connectivity index (χ3v) is 6.69. The molecule has 0 aromatic carbocycles. The van der Waals surface area contributed by atoms with Crippen LogP contribution in [0.1, 0.15) is 45.5 Å². The van der Waals surface area contributed by atoms with Gasteiger partial charge in [-0.25, -0.2) is 9.78 Å². The summed E-state index contributed by atoms with van der Waals surface area (Å²) < 4.78 is 38.8. The van der Waals surface area contributed by atoms with Crippen molar-refractivity contribution in [2.75, 3.05) is 35.2 Å². The largest absolute Gasteiger partial charge is 0.477 e. The van der Waals surface area contributed by atoms with Crippen LogP contribution in [0.2, 0.25) is 0 Å². The first-order valence-corrected chi connectivity index (χ1v) is 12.5. The van der Waals surface area contributed by atoms with Crippen LogP contribution in [0.4, 0.5) is 35.9 Å². The molecule has 0 aliphatic carbocycles. The quantitative estimate of drug-likeness (QED) is 0.292. The number of hydrogen-bond acceptors (Lipinski definition) is 10. The normalized spacial score (nSPS) is 13.1. The lowest BCUT2D eigenvalue weighted by Gasteiger charge is -2.31. The molecule has 0 saturated carbocycles. The molecule has 3 aromatic heterocycles. The minimum absolute atomic E-state index is 0.0931. The topological polar surface area (TPSA) is 145 Å². The van der Waals surface area contributed by atoms with Crippen LogP contribution >= 0.6 is 11.3 Å². The number of aryl methyl sites for hydroxylation is 1. The van der Waals surface area contributed by atoms with E-state index in [2.05, 4.69) is 35.9 Å². The Bertz CT molecular complexity index is 1330. The number of rotatable bonds is 9. The second-order valence-corrected chi connectivity index (χ2v) is 9.55. The average molecular weight is 551 g/mol. The van der Waals surface area contributed by atoms with Gasteiger partial charge in [0.2, 0.25) is 11.9 Å². The predicted molar refractivity (Wildman–Crippen MR) is 135 cm³/mol. The molecule has 11 nitrogen and oxygen atoms in total. The molecule has 0 radical (unpaired) electrons. The lowest BCUT2D eigenvalue weighted by Crippen LogP contribution is -2.32. The van der Waals surface area contributed by atoms with E-state index in [1.54, 1.807) is 6.92 Å². The van der Waals surface area contributed by atoms with E-state index in [1.807, 2.05) is 4.90 Å². The smallest absolute Gasteiger partial charge is 0.433 e. The summed E-state index contributed by atoms with van der Waals surface area (Å²) in [7, 11) is 0. The molecule has 38 heavy (non-hydrogen) atoms. The van der Waals surface area contributed by atoms with Crippen molar-refractivity contribution >= 4 is 45.9 Å². The summed E-state index contributed by atoms with van der Waals surface area (Å²) in [6, 6.07) is 2.34. The second-order valence-electron chi connectivity index (χ2n) is 8.55. The minimum atomic E-state index is -4.52. The summed E-state index contributed by atoms with van der Waals surface area (Å²) in [5.41, 5.74) is 0.805. The van der Waals surface area contributed by atoms with Gasteiger partial charge in [-0.2, -0.15) is 23.1 Å². The van der Waals surface area contributed by atoms with Crippen molar-refractivity contribution < 1.29 is 27.9 Å². The minimum Gasteiger partial charge on any atom is -0.477 e. The molecule has 15 heteroatoms. The number of fused-ring (bicyclic) bond motifs is 1. The zero-order valence-electron chi connectivity index (χ0n) is 20.5. The van der Waals surface area contributed by atoms with Crippen molar-refractivity contribution in [2.45, 2.75) is 39.4 Å². The number of aromatic carboxylic acids is 1. The fourth-order valence-corrected chi connectivity index (χ4v) is 4.74. The first kappa shape index (κ1) is 27.0. The molecule has 1 amide bonds. The Morgan fingerprint density at radius 2 is 1.97 bits per heavy atom. The number of pyridine rings is 1. The number of nitrogens with one attached hydrogen (secondary N) is 3. The monoisotopic (exact) mass is 550 g/mol. The second kappa shape index (κ2) is 11.2. The van der Waals surface area contributed by atoms with Crippen LogP contribution in [0.3, 0.4) is 0 Å². The highest BCUT2D eigenvalue weighted by Gasteiger charge is 2.32. The van der Waals surface area contributed by atoms with E-state index in [9.17, 15) is 27.9 Å². The van der Waals surface area contributed by atoms with E-state index in [0.29, 0.717) is 54.1 Å². The fraction of sp³-hybridized carbons (Fsp3) is 0.391. The van der Waals surface area contributed by atoms with Gasteiger partial charge in [-0.1, -0.05) is 17.4 Å². The summed E-state index contributed by atoms with van der Waals surface area (Å²) in [5, 5.41) is 18.5. The highest BCUT2D eigenvalue weighted by atomic mass is 32.1. The third kappa shape index (κ3) is 6.45. The van der Waals surface area contributed by atoms with Crippen molar-refractivity contribution in [2.24, 2.45) is 0 Å². The molecule has 3 aromatic rings. The number of hydrogen-bond donors (Lipinski definition) is 4. The SMILES string of the molecule is CC(=O)NCCNc1nc(Nc2nc(C)c(C(=O)O)s2)nc2c1CCCN2Cc1ccc(C(F)(F)F)nc1. The maximum Gasteiger partial charge on any atom is 0.433 e. The number of amides is 1. The molecule has 0 saturated heterocycles. The van der Waals surface area contributed by atoms with Crippen LogP contribution in [-0.4, -0.2) is 56.6 Å². The number of carbonyl (C=O) groups is 2. The van der Waals surface area contributed by atoms with Crippen molar-refractivity contribution in [1.82, 2.24) is 25.3 Å². The molecule has 1 aliphatic heterocycles. The van der Waals surface area contributed by atoms with Gasteiger partial charge in [0.05, 0.1) is 5.69 Å². The predicted octanol–water partition coefficient (Wildman–Crippen LogP) is 3.60. The molecule has 4 heterocycles. The lowest BCUT2D eigenvalue weighted by molar-refractivity contribution is -0.141. The van der Waals surface area contributed by atoms with Gasteiger partial charge in [-0.15, -0.1) is 0 Å². The first-order chi connectivity index (χ1) is 18.0. The number of alkyl halides is 3. The third-order valence-electron chi connectivity index (χ3n) is 5.63. The zero-order chi connectivity index (χ0) is 27.4. The lowest BCUT2D eigenvalue weighted by atomic mass is 10.1. The molecule has 0 fully saturated rings. The van der Waals surface area contributed by atoms with Gasteiger partial charge in [-0.05, 0) is 31.4 Å². The highest BCUT2D eigenvalue weighted by molar-refractivity contribution is 7.17. The van der Waals surface area contributed by atoms with Crippen LogP contribution in [0.25, 0.3) is 0 Å². The molecular weight excluding hydrogens is 525 g/mol. The molecule has 0 atom stereocenters. The molecule has 0 unspecified atom stereocenters. The van der Waals surface area contributed by atoms with Crippen LogP contribution < -0.4 is 20.9 Å². The Hall–Kier alpha value is -4.01. The van der Waals surface area contributed by atoms with E-state index < -0.39 is 17.8 Å². The number of carboxylic acids is 1. The summed E-state index contributed by atoms with van der Waals surface area (Å²) in [4.78, 5) is 41.7.